The van der Waals surface area contributed by atoms with Gasteiger partial charge in [-0.3, -0.25) is 4.79 Å². The molecule has 106 valence electrons. The lowest BCUT2D eigenvalue weighted by molar-refractivity contribution is -0.121. The maximum atomic E-state index is 11.5. The minimum absolute atomic E-state index is 0.0230. The summed E-state index contributed by atoms with van der Waals surface area (Å²) in [6.07, 6.45) is 2.21. The normalized spacial score (nSPS) is 11.9. The number of benzene rings is 1. The molecule has 0 heterocycles. The Balaban J connectivity index is 2.10. The summed E-state index contributed by atoms with van der Waals surface area (Å²) >= 11 is 5.82. The Hall–Kier alpha value is -1.22. The molecule has 0 spiro atoms. The average Bonchev–Trinajstić information content (AvgIpc) is 2.34. The van der Waals surface area contributed by atoms with Gasteiger partial charge < -0.3 is 10.1 Å². The van der Waals surface area contributed by atoms with Crippen molar-refractivity contribution in [3.05, 3.63) is 29.8 Å². The second kappa shape index (κ2) is 8.81. The summed E-state index contributed by atoms with van der Waals surface area (Å²) < 4.78 is 5.52. The maximum absolute atomic E-state index is 11.5. The Kier molecular flexibility index (Phi) is 7.34. The average molecular weight is 284 g/mol. The lowest BCUT2D eigenvalue weighted by Crippen LogP contribution is -2.26. The van der Waals surface area contributed by atoms with Crippen LogP contribution in [0.3, 0.4) is 0 Å². The summed E-state index contributed by atoms with van der Waals surface area (Å²) in [5, 5.41) is 3.03. The van der Waals surface area contributed by atoms with Gasteiger partial charge >= 0.3 is 0 Å². The zero-order valence-electron chi connectivity index (χ0n) is 11.6. The predicted molar refractivity (Wildman–Crippen MR) is 78.8 cm³/mol. The van der Waals surface area contributed by atoms with Crippen molar-refractivity contribution in [3.63, 3.8) is 0 Å². The van der Waals surface area contributed by atoms with Crippen LogP contribution in [-0.2, 0) is 4.79 Å². The van der Waals surface area contributed by atoms with Crippen LogP contribution in [0.25, 0.3) is 0 Å². The molecule has 0 radical (unpaired) electrons. The Labute approximate surface area is 120 Å². The number of nitrogens with one attached hydrogen (secondary N) is 1. The molecule has 0 aliphatic carbocycles. The number of rotatable bonds is 8. The highest BCUT2D eigenvalue weighted by molar-refractivity contribution is 6.20. The summed E-state index contributed by atoms with van der Waals surface area (Å²) in [7, 11) is 0. The molecule has 0 aliphatic heterocycles. The molecule has 19 heavy (non-hydrogen) atoms. The molecule has 0 aromatic heterocycles. The molecule has 3 nitrogen and oxygen atoms in total. The van der Waals surface area contributed by atoms with Crippen LogP contribution in [0.4, 0.5) is 0 Å². The van der Waals surface area contributed by atoms with Gasteiger partial charge in [-0.1, -0.05) is 12.1 Å². The van der Waals surface area contributed by atoms with Gasteiger partial charge in [-0.2, -0.15) is 0 Å². The van der Waals surface area contributed by atoms with Gasteiger partial charge in [0.15, 0.2) is 0 Å². The highest BCUT2D eigenvalue weighted by Gasteiger charge is 2.02. The van der Waals surface area contributed by atoms with Crippen LogP contribution < -0.4 is 10.1 Å². The number of hydrogen-bond donors (Lipinski definition) is 1. The molecular weight excluding hydrogens is 262 g/mol. The molecule has 1 amide bonds. The number of alkyl halides is 1. The van der Waals surface area contributed by atoms with E-state index in [9.17, 15) is 4.79 Å². The number of aryl methyl sites for hydroxylation is 1. The van der Waals surface area contributed by atoms with Crippen LogP contribution in [-0.4, -0.2) is 24.4 Å². The topological polar surface area (TPSA) is 38.3 Å². The highest BCUT2D eigenvalue weighted by Crippen LogP contribution is 2.12. The van der Waals surface area contributed by atoms with Crippen molar-refractivity contribution in [2.24, 2.45) is 0 Å². The molecule has 4 heteroatoms. The Morgan fingerprint density at radius 3 is 2.95 bits per heavy atom. The predicted octanol–water partition coefficient (Wildman–Crippen LogP) is 3.29. The molecule has 1 rings (SSSR count). The van der Waals surface area contributed by atoms with Crippen LogP contribution in [0.1, 0.15) is 31.7 Å². The van der Waals surface area contributed by atoms with Crippen LogP contribution in [0.2, 0.25) is 0 Å². The van der Waals surface area contributed by atoms with E-state index in [2.05, 4.69) is 5.32 Å². The highest BCUT2D eigenvalue weighted by atomic mass is 35.5. The second-order valence-corrected chi connectivity index (χ2v) is 5.43. The van der Waals surface area contributed by atoms with Crippen molar-refractivity contribution in [2.45, 2.75) is 38.5 Å². The molecule has 0 fully saturated rings. The third-order valence-electron chi connectivity index (χ3n) is 2.69. The van der Waals surface area contributed by atoms with Gasteiger partial charge in [-0.15, -0.1) is 11.6 Å². The molecule has 0 aliphatic rings. The fourth-order valence-corrected chi connectivity index (χ4v) is 1.82. The molecule has 0 bridgehead atoms. The number of hydrogen-bond acceptors (Lipinski definition) is 2. The lowest BCUT2D eigenvalue weighted by Gasteiger charge is -2.08. The number of carbonyl (C=O) groups excluding carboxylic acids is 1. The molecular formula is C15H22ClNO2. The van der Waals surface area contributed by atoms with E-state index in [0.29, 0.717) is 19.6 Å². The summed E-state index contributed by atoms with van der Waals surface area (Å²) in [5.74, 6) is 0.832. The van der Waals surface area contributed by atoms with E-state index in [1.165, 1.54) is 0 Å². The summed E-state index contributed by atoms with van der Waals surface area (Å²) in [6, 6.07) is 7.81. The second-order valence-electron chi connectivity index (χ2n) is 4.69. The lowest BCUT2D eigenvalue weighted by atomic mass is 10.2. The van der Waals surface area contributed by atoms with E-state index in [1.54, 1.807) is 0 Å². The minimum atomic E-state index is 0.0230. The molecule has 1 atom stereocenters. The van der Waals surface area contributed by atoms with Crippen molar-refractivity contribution in [1.29, 1.82) is 0 Å². The fourth-order valence-electron chi connectivity index (χ4n) is 1.67. The van der Waals surface area contributed by atoms with Gasteiger partial charge in [0.2, 0.25) is 5.91 Å². The van der Waals surface area contributed by atoms with Gasteiger partial charge in [-0.25, -0.2) is 0 Å². The third-order valence-corrected chi connectivity index (χ3v) is 2.91. The zero-order chi connectivity index (χ0) is 14.1. The zero-order valence-corrected chi connectivity index (χ0v) is 12.4. The van der Waals surface area contributed by atoms with Crippen molar-refractivity contribution in [3.8, 4) is 5.75 Å². The quantitative estimate of drug-likeness (QED) is 0.587. The SMILES string of the molecule is Cc1cccc(OCCC(=O)NCCCC(C)Cl)c1. The Morgan fingerprint density at radius 2 is 2.26 bits per heavy atom. The van der Waals surface area contributed by atoms with Gasteiger partial charge in [0.1, 0.15) is 5.75 Å². The number of carbonyl (C=O) groups is 1. The number of amides is 1. The van der Waals surface area contributed by atoms with Crippen LogP contribution in [0.15, 0.2) is 24.3 Å². The van der Waals surface area contributed by atoms with E-state index in [1.807, 2.05) is 38.1 Å². The summed E-state index contributed by atoms with van der Waals surface area (Å²) in [5.41, 5.74) is 1.15. The van der Waals surface area contributed by atoms with E-state index in [-0.39, 0.29) is 11.3 Å². The third kappa shape index (κ3) is 7.73. The molecule has 1 aromatic carbocycles. The molecule has 1 aromatic rings. The first-order chi connectivity index (χ1) is 9.08. The van der Waals surface area contributed by atoms with Gasteiger partial charge in [0.05, 0.1) is 13.0 Å². The van der Waals surface area contributed by atoms with Crippen molar-refractivity contribution in [2.75, 3.05) is 13.2 Å². The van der Waals surface area contributed by atoms with Gasteiger partial charge in [0.25, 0.3) is 0 Å². The van der Waals surface area contributed by atoms with Crippen LogP contribution >= 0.6 is 11.6 Å². The van der Waals surface area contributed by atoms with E-state index in [4.69, 9.17) is 16.3 Å². The van der Waals surface area contributed by atoms with Crippen molar-refractivity contribution < 1.29 is 9.53 Å². The molecule has 0 saturated heterocycles. The van der Waals surface area contributed by atoms with Gasteiger partial charge in [0, 0.05) is 11.9 Å². The maximum Gasteiger partial charge on any atom is 0.223 e. The van der Waals surface area contributed by atoms with Crippen LogP contribution in [0.5, 0.6) is 5.75 Å². The van der Waals surface area contributed by atoms with Crippen molar-refractivity contribution >= 4 is 17.5 Å². The monoisotopic (exact) mass is 283 g/mol. The summed E-state index contributed by atoms with van der Waals surface area (Å²) in [4.78, 5) is 11.5. The Bertz CT molecular complexity index is 393. The molecule has 0 saturated carbocycles. The first kappa shape index (κ1) is 15.8. The number of halogens is 1. The number of ether oxygens (including phenoxy) is 1. The largest absolute Gasteiger partial charge is 0.493 e. The first-order valence-corrected chi connectivity index (χ1v) is 7.12. The van der Waals surface area contributed by atoms with E-state index in [0.717, 1.165) is 24.2 Å². The Morgan fingerprint density at radius 1 is 1.47 bits per heavy atom. The van der Waals surface area contributed by atoms with Crippen molar-refractivity contribution in [1.82, 2.24) is 5.32 Å². The molecule has 1 unspecified atom stereocenters. The standard InChI is InChI=1S/C15H22ClNO2/c1-12-5-3-7-14(11-12)19-10-8-15(18)17-9-4-6-13(2)16/h3,5,7,11,13H,4,6,8-10H2,1-2H3,(H,17,18). The first-order valence-electron chi connectivity index (χ1n) is 6.68. The summed E-state index contributed by atoms with van der Waals surface area (Å²) in [6.45, 7) is 5.05. The van der Waals surface area contributed by atoms with E-state index >= 15 is 0 Å². The molecule has 1 N–H and O–H groups in total. The van der Waals surface area contributed by atoms with E-state index < -0.39 is 0 Å². The van der Waals surface area contributed by atoms with Crippen LogP contribution in [0, 0.1) is 6.92 Å². The fraction of sp³-hybridized carbons (Fsp3) is 0.533. The minimum Gasteiger partial charge on any atom is -0.493 e. The smallest absolute Gasteiger partial charge is 0.223 e. The van der Waals surface area contributed by atoms with Gasteiger partial charge in [-0.05, 0) is 44.4 Å².